The minimum atomic E-state index is -0.101. The summed E-state index contributed by atoms with van der Waals surface area (Å²) in [4.78, 5) is 14.7. The van der Waals surface area contributed by atoms with E-state index in [-0.39, 0.29) is 31.0 Å². The zero-order valence-electron chi connectivity index (χ0n) is 15.2. The molecule has 0 radical (unpaired) electrons. The highest BCUT2D eigenvalue weighted by Gasteiger charge is 2.29. The van der Waals surface area contributed by atoms with E-state index in [1.54, 1.807) is 0 Å². The first-order valence-corrected chi connectivity index (χ1v) is 9.17. The second-order valence-corrected chi connectivity index (χ2v) is 6.40. The van der Waals surface area contributed by atoms with Crippen molar-refractivity contribution in [3.05, 3.63) is 59.1 Å². The fourth-order valence-electron chi connectivity index (χ4n) is 3.09. The molecule has 0 aromatic heterocycles. The Kier molecular flexibility index (Phi) is 8.23. The molecule has 0 spiro atoms. The molecule has 1 N–H and O–H groups in total. The molecule has 7 heteroatoms. The summed E-state index contributed by atoms with van der Waals surface area (Å²) in [5, 5.41) is 4.00. The van der Waals surface area contributed by atoms with Crippen LogP contribution >= 0.6 is 24.0 Å². The van der Waals surface area contributed by atoms with Crippen molar-refractivity contribution in [2.45, 2.75) is 13.0 Å². The number of rotatable bonds is 6. The Morgan fingerprint density at radius 2 is 1.81 bits per heavy atom. The summed E-state index contributed by atoms with van der Waals surface area (Å²) < 4.78 is 11.3. The van der Waals surface area contributed by atoms with E-state index in [9.17, 15) is 4.79 Å². The fourth-order valence-corrected chi connectivity index (χ4v) is 3.35. The first-order chi connectivity index (χ1) is 12.7. The summed E-state index contributed by atoms with van der Waals surface area (Å²) in [7, 11) is 0. The summed E-state index contributed by atoms with van der Waals surface area (Å²) in [5.74, 6) is 1.15. The lowest BCUT2D eigenvalue weighted by Gasteiger charge is -2.36. The molecule has 1 saturated heterocycles. The van der Waals surface area contributed by atoms with Gasteiger partial charge in [-0.05, 0) is 30.7 Å². The van der Waals surface area contributed by atoms with Gasteiger partial charge in [0, 0.05) is 24.7 Å². The van der Waals surface area contributed by atoms with Gasteiger partial charge in [0.25, 0.3) is 5.91 Å². The highest BCUT2D eigenvalue weighted by Crippen LogP contribution is 2.29. The molecule has 146 valence electrons. The maximum atomic E-state index is 12.8. The van der Waals surface area contributed by atoms with Gasteiger partial charge in [-0.3, -0.25) is 4.79 Å². The smallest absolute Gasteiger partial charge is 0.261 e. The summed E-state index contributed by atoms with van der Waals surface area (Å²) in [6.07, 6.45) is 0. The number of para-hydroxylation sites is 2. The van der Waals surface area contributed by atoms with Gasteiger partial charge in [0.05, 0.1) is 12.6 Å². The normalized spacial score (nSPS) is 16.4. The summed E-state index contributed by atoms with van der Waals surface area (Å²) >= 11 is 6.34. The van der Waals surface area contributed by atoms with Gasteiger partial charge >= 0.3 is 0 Å². The standard InChI is InChI=1S/C20H23ClN2O3.ClH/c1-2-25-18-9-5-6-10-19(18)26-14-20(24)23-12-11-22-13-17(23)15-7-3-4-8-16(15)21;/h3-10,17,22H,2,11-14H2,1H3;1H. The van der Waals surface area contributed by atoms with E-state index < -0.39 is 0 Å². The molecular weight excluding hydrogens is 387 g/mol. The minimum absolute atomic E-state index is 0. The maximum absolute atomic E-state index is 12.8. The summed E-state index contributed by atoms with van der Waals surface area (Å²) in [6, 6.07) is 14.9. The summed E-state index contributed by atoms with van der Waals surface area (Å²) in [6.45, 7) is 4.46. The van der Waals surface area contributed by atoms with Crippen LogP contribution < -0.4 is 14.8 Å². The van der Waals surface area contributed by atoms with Gasteiger partial charge in [-0.25, -0.2) is 0 Å². The fraction of sp³-hybridized carbons (Fsp3) is 0.350. The molecule has 0 aliphatic carbocycles. The van der Waals surface area contributed by atoms with Gasteiger partial charge in [-0.2, -0.15) is 0 Å². The van der Waals surface area contributed by atoms with E-state index in [0.29, 0.717) is 36.2 Å². The van der Waals surface area contributed by atoms with Gasteiger partial charge in [0.15, 0.2) is 18.1 Å². The number of halogens is 2. The highest BCUT2D eigenvalue weighted by atomic mass is 35.5. The molecule has 1 unspecified atom stereocenters. The maximum Gasteiger partial charge on any atom is 0.261 e. The lowest BCUT2D eigenvalue weighted by molar-refractivity contribution is -0.136. The quantitative estimate of drug-likeness (QED) is 0.788. The molecular formula is C20H24Cl2N2O3. The third kappa shape index (κ3) is 5.28. The van der Waals surface area contributed by atoms with Crippen LogP contribution in [0.2, 0.25) is 5.02 Å². The van der Waals surface area contributed by atoms with Crippen molar-refractivity contribution in [3.8, 4) is 11.5 Å². The van der Waals surface area contributed by atoms with E-state index in [2.05, 4.69) is 5.32 Å². The van der Waals surface area contributed by atoms with Crippen LogP contribution in [0.3, 0.4) is 0 Å². The SMILES string of the molecule is CCOc1ccccc1OCC(=O)N1CCNCC1c1ccccc1Cl.Cl. The first-order valence-electron chi connectivity index (χ1n) is 8.80. The Morgan fingerprint density at radius 1 is 1.15 bits per heavy atom. The van der Waals surface area contributed by atoms with E-state index in [1.165, 1.54) is 0 Å². The second kappa shape index (κ2) is 10.4. The number of hydrogen-bond acceptors (Lipinski definition) is 4. The van der Waals surface area contributed by atoms with Crippen LogP contribution in [0.5, 0.6) is 11.5 Å². The number of amides is 1. The van der Waals surface area contributed by atoms with Crippen LogP contribution in [0.1, 0.15) is 18.5 Å². The number of nitrogens with one attached hydrogen (secondary N) is 1. The first kappa shape index (κ1) is 21.4. The average molecular weight is 411 g/mol. The van der Waals surface area contributed by atoms with Crippen LogP contribution in [0.15, 0.2) is 48.5 Å². The molecule has 3 rings (SSSR count). The Bertz CT molecular complexity index is 758. The van der Waals surface area contributed by atoms with Crippen molar-refractivity contribution in [1.29, 1.82) is 0 Å². The third-order valence-corrected chi connectivity index (χ3v) is 4.67. The van der Waals surface area contributed by atoms with Crippen molar-refractivity contribution >= 4 is 29.9 Å². The van der Waals surface area contributed by atoms with Crippen molar-refractivity contribution in [2.75, 3.05) is 32.8 Å². The van der Waals surface area contributed by atoms with Crippen LogP contribution in [-0.4, -0.2) is 43.7 Å². The van der Waals surface area contributed by atoms with E-state index in [1.807, 2.05) is 60.4 Å². The van der Waals surface area contributed by atoms with Crippen molar-refractivity contribution in [2.24, 2.45) is 0 Å². The number of ether oxygens (including phenoxy) is 2. The topological polar surface area (TPSA) is 50.8 Å². The monoisotopic (exact) mass is 410 g/mol. The number of hydrogen-bond donors (Lipinski definition) is 1. The molecule has 1 aliphatic heterocycles. The average Bonchev–Trinajstić information content (AvgIpc) is 2.68. The molecule has 1 atom stereocenters. The molecule has 1 aliphatic rings. The zero-order chi connectivity index (χ0) is 18.4. The van der Waals surface area contributed by atoms with Crippen LogP contribution in [0, 0.1) is 0 Å². The predicted octanol–water partition coefficient (Wildman–Crippen LogP) is 3.71. The molecule has 5 nitrogen and oxygen atoms in total. The Balaban J connectivity index is 0.00000261. The highest BCUT2D eigenvalue weighted by molar-refractivity contribution is 6.31. The van der Waals surface area contributed by atoms with E-state index in [0.717, 1.165) is 12.1 Å². The molecule has 1 fully saturated rings. The van der Waals surface area contributed by atoms with Crippen molar-refractivity contribution in [3.63, 3.8) is 0 Å². The van der Waals surface area contributed by atoms with Gasteiger partial charge < -0.3 is 19.7 Å². The zero-order valence-corrected chi connectivity index (χ0v) is 16.8. The third-order valence-electron chi connectivity index (χ3n) is 4.33. The number of benzene rings is 2. The largest absolute Gasteiger partial charge is 0.490 e. The van der Waals surface area contributed by atoms with Crippen LogP contribution in [0.25, 0.3) is 0 Å². The molecule has 2 aromatic carbocycles. The van der Waals surface area contributed by atoms with Crippen molar-refractivity contribution in [1.82, 2.24) is 10.2 Å². The molecule has 0 bridgehead atoms. The van der Waals surface area contributed by atoms with Gasteiger partial charge in [-0.1, -0.05) is 41.9 Å². The predicted molar refractivity (Wildman–Crippen MR) is 109 cm³/mol. The van der Waals surface area contributed by atoms with Crippen LogP contribution in [-0.2, 0) is 4.79 Å². The number of carbonyl (C=O) groups is 1. The molecule has 1 amide bonds. The van der Waals surface area contributed by atoms with E-state index >= 15 is 0 Å². The lowest BCUT2D eigenvalue weighted by atomic mass is 10.0. The van der Waals surface area contributed by atoms with Gasteiger partial charge in [-0.15, -0.1) is 12.4 Å². The minimum Gasteiger partial charge on any atom is -0.490 e. The second-order valence-electron chi connectivity index (χ2n) is 6.00. The van der Waals surface area contributed by atoms with Crippen LogP contribution in [0.4, 0.5) is 0 Å². The Morgan fingerprint density at radius 3 is 2.52 bits per heavy atom. The Labute approximate surface area is 171 Å². The Hall–Kier alpha value is -1.95. The number of nitrogens with zero attached hydrogens (tertiary/aromatic N) is 1. The van der Waals surface area contributed by atoms with Gasteiger partial charge in [0.1, 0.15) is 0 Å². The molecule has 27 heavy (non-hydrogen) atoms. The lowest BCUT2D eigenvalue weighted by Crippen LogP contribution is -2.50. The molecule has 1 heterocycles. The number of piperazine rings is 1. The molecule has 0 saturated carbocycles. The summed E-state index contributed by atoms with van der Waals surface area (Å²) in [5.41, 5.74) is 0.949. The van der Waals surface area contributed by atoms with Gasteiger partial charge in [0.2, 0.25) is 0 Å². The number of carbonyl (C=O) groups excluding carboxylic acids is 1. The molecule has 2 aromatic rings. The van der Waals surface area contributed by atoms with E-state index in [4.69, 9.17) is 21.1 Å². The van der Waals surface area contributed by atoms with Crippen molar-refractivity contribution < 1.29 is 14.3 Å².